The minimum absolute atomic E-state index is 0.111. The molecule has 2 aliphatic rings. The summed E-state index contributed by atoms with van der Waals surface area (Å²) in [6, 6.07) is 0. The highest BCUT2D eigenvalue weighted by atomic mass is 16.1. The van der Waals surface area contributed by atoms with Crippen molar-refractivity contribution in [1.29, 1.82) is 0 Å². The van der Waals surface area contributed by atoms with Crippen LogP contribution in [0, 0.1) is 10.8 Å². The molecule has 0 bridgehead atoms. The fraction of sp³-hybridized carbons (Fsp3) is 0.769. The van der Waals surface area contributed by atoms with Crippen LogP contribution in [0.1, 0.15) is 52.9 Å². The van der Waals surface area contributed by atoms with E-state index < -0.39 is 0 Å². The molecule has 2 rings (SSSR count). The van der Waals surface area contributed by atoms with E-state index in [0.717, 1.165) is 19.3 Å². The third-order valence-electron chi connectivity index (χ3n) is 4.14. The summed E-state index contributed by atoms with van der Waals surface area (Å²) in [5.74, 6) is 0.475. The van der Waals surface area contributed by atoms with E-state index in [2.05, 4.69) is 26.8 Å². The van der Waals surface area contributed by atoms with Crippen molar-refractivity contribution in [2.24, 2.45) is 10.8 Å². The second kappa shape index (κ2) is 2.95. The van der Waals surface area contributed by atoms with Crippen molar-refractivity contribution in [3.63, 3.8) is 0 Å². The summed E-state index contributed by atoms with van der Waals surface area (Å²) in [6.45, 7) is 6.73. The van der Waals surface area contributed by atoms with Gasteiger partial charge in [0.1, 0.15) is 5.78 Å². The fourth-order valence-electron chi connectivity index (χ4n) is 3.31. The van der Waals surface area contributed by atoms with Crippen LogP contribution in [0.5, 0.6) is 0 Å². The summed E-state index contributed by atoms with van der Waals surface area (Å²) < 4.78 is 0. The number of hydrogen-bond donors (Lipinski definition) is 0. The zero-order valence-electron chi connectivity index (χ0n) is 9.52. The lowest BCUT2D eigenvalue weighted by atomic mass is 9.56. The van der Waals surface area contributed by atoms with Crippen molar-refractivity contribution >= 4 is 5.78 Å². The lowest BCUT2D eigenvalue weighted by Crippen LogP contribution is -2.41. The van der Waals surface area contributed by atoms with Crippen LogP contribution < -0.4 is 0 Å². The van der Waals surface area contributed by atoms with Gasteiger partial charge in [-0.2, -0.15) is 0 Å². The van der Waals surface area contributed by atoms with Crippen LogP contribution in [0.2, 0.25) is 0 Å². The lowest BCUT2D eigenvalue weighted by Gasteiger charge is -2.47. The number of carbonyl (C=O) groups excluding carboxylic acids is 1. The SMILES string of the molecule is CC1(C)CCCC2(C)C(=O)CCC=C12. The van der Waals surface area contributed by atoms with Crippen LogP contribution in [0.25, 0.3) is 0 Å². The number of Topliss-reactive ketones (excluding diaryl/α,β-unsaturated/α-hetero) is 1. The molecule has 0 aromatic heterocycles. The molecule has 78 valence electrons. The van der Waals surface area contributed by atoms with E-state index in [1.54, 1.807) is 0 Å². The third kappa shape index (κ3) is 1.25. The smallest absolute Gasteiger partial charge is 0.143 e. The normalized spacial score (nSPS) is 36.2. The zero-order chi connectivity index (χ0) is 10.4. The summed E-state index contributed by atoms with van der Waals surface area (Å²) in [5.41, 5.74) is 1.57. The van der Waals surface area contributed by atoms with Gasteiger partial charge in [-0.05, 0) is 31.6 Å². The van der Waals surface area contributed by atoms with Crippen LogP contribution in [-0.2, 0) is 4.79 Å². The van der Waals surface area contributed by atoms with Gasteiger partial charge in [0.15, 0.2) is 0 Å². The maximum atomic E-state index is 12.0. The maximum absolute atomic E-state index is 12.0. The van der Waals surface area contributed by atoms with Gasteiger partial charge in [0.2, 0.25) is 0 Å². The van der Waals surface area contributed by atoms with E-state index in [0.29, 0.717) is 5.78 Å². The van der Waals surface area contributed by atoms with Crippen molar-refractivity contribution in [3.05, 3.63) is 11.6 Å². The van der Waals surface area contributed by atoms with E-state index in [1.807, 2.05) is 0 Å². The number of rotatable bonds is 0. The van der Waals surface area contributed by atoms with Gasteiger partial charge in [-0.3, -0.25) is 4.79 Å². The largest absolute Gasteiger partial charge is 0.299 e. The molecule has 1 atom stereocenters. The Bertz CT molecular complexity index is 298. The second-order valence-corrected chi connectivity index (χ2v) is 5.65. The molecule has 14 heavy (non-hydrogen) atoms. The molecule has 1 unspecified atom stereocenters. The molecule has 0 saturated heterocycles. The molecule has 1 heteroatoms. The second-order valence-electron chi connectivity index (χ2n) is 5.65. The average Bonchev–Trinajstić information content (AvgIpc) is 2.08. The van der Waals surface area contributed by atoms with E-state index in [4.69, 9.17) is 0 Å². The van der Waals surface area contributed by atoms with Gasteiger partial charge in [-0.25, -0.2) is 0 Å². The molecule has 0 aromatic rings. The molecule has 1 fully saturated rings. The van der Waals surface area contributed by atoms with Crippen molar-refractivity contribution in [2.75, 3.05) is 0 Å². The lowest BCUT2D eigenvalue weighted by molar-refractivity contribution is -0.128. The molecular weight excluding hydrogens is 172 g/mol. The quantitative estimate of drug-likeness (QED) is 0.537. The Hall–Kier alpha value is -0.590. The predicted molar refractivity (Wildman–Crippen MR) is 58.1 cm³/mol. The van der Waals surface area contributed by atoms with E-state index in [1.165, 1.54) is 18.4 Å². The van der Waals surface area contributed by atoms with Crippen molar-refractivity contribution in [1.82, 2.24) is 0 Å². The first kappa shape index (κ1) is 9.95. The predicted octanol–water partition coefficient (Wildman–Crippen LogP) is 3.49. The molecule has 0 heterocycles. The minimum atomic E-state index is -0.111. The molecular formula is C13H20O. The van der Waals surface area contributed by atoms with Crippen LogP contribution in [0.4, 0.5) is 0 Å². The average molecular weight is 192 g/mol. The number of fused-ring (bicyclic) bond motifs is 1. The number of hydrogen-bond acceptors (Lipinski definition) is 1. The van der Waals surface area contributed by atoms with Gasteiger partial charge in [0.25, 0.3) is 0 Å². The summed E-state index contributed by atoms with van der Waals surface area (Å²) in [5, 5.41) is 0. The Morgan fingerprint density at radius 1 is 1.21 bits per heavy atom. The van der Waals surface area contributed by atoms with Gasteiger partial charge < -0.3 is 0 Å². The van der Waals surface area contributed by atoms with Crippen molar-refractivity contribution in [2.45, 2.75) is 52.9 Å². The molecule has 0 N–H and O–H groups in total. The van der Waals surface area contributed by atoms with E-state index in [9.17, 15) is 4.79 Å². The highest BCUT2D eigenvalue weighted by molar-refractivity contribution is 5.89. The molecule has 2 aliphatic carbocycles. The molecule has 0 aliphatic heterocycles. The monoisotopic (exact) mass is 192 g/mol. The molecule has 1 nitrogen and oxygen atoms in total. The van der Waals surface area contributed by atoms with Crippen molar-refractivity contribution in [3.8, 4) is 0 Å². The fourth-order valence-corrected chi connectivity index (χ4v) is 3.31. The van der Waals surface area contributed by atoms with Gasteiger partial charge in [-0.1, -0.05) is 31.9 Å². The number of ketones is 1. The summed E-state index contributed by atoms with van der Waals surface area (Å²) in [7, 11) is 0. The molecule has 0 spiro atoms. The summed E-state index contributed by atoms with van der Waals surface area (Å²) >= 11 is 0. The maximum Gasteiger partial charge on any atom is 0.143 e. The minimum Gasteiger partial charge on any atom is -0.299 e. The van der Waals surface area contributed by atoms with Crippen molar-refractivity contribution < 1.29 is 4.79 Å². The topological polar surface area (TPSA) is 17.1 Å². The van der Waals surface area contributed by atoms with Crippen LogP contribution in [0.15, 0.2) is 11.6 Å². The van der Waals surface area contributed by atoms with E-state index >= 15 is 0 Å². The van der Waals surface area contributed by atoms with Gasteiger partial charge in [-0.15, -0.1) is 0 Å². The van der Waals surface area contributed by atoms with Crippen LogP contribution >= 0.6 is 0 Å². The third-order valence-corrected chi connectivity index (χ3v) is 4.14. The zero-order valence-corrected chi connectivity index (χ0v) is 9.52. The Balaban J connectivity index is 2.45. The molecule has 0 amide bonds. The first-order valence-electron chi connectivity index (χ1n) is 5.71. The Morgan fingerprint density at radius 2 is 1.93 bits per heavy atom. The standard InChI is InChI=1S/C13H20O/c1-12(2)8-5-9-13(3)10(12)6-4-7-11(13)14/h6H,4-5,7-9H2,1-3H3. The summed E-state index contributed by atoms with van der Waals surface area (Å²) in [4.78, 5) is 12.0. The number of carbonyl (C=O) groups is 1. The number of allylic oxidation sites excluding steroid dienone is 2. The van der Waals surface area contributed by atoms with Gasteiger partial charge in [0.05, 0.1) is 0 Å². The Kier molecular flexibility index (Phi) is 2.09. The molecule has 1 saturated carbocycles. The summed E-state index contributed by atoms with van der Waals surface area (Å²) in [6.07, 6.45) is 7.57. The molecule has 0 radical (unpaired) electrons. The first-order chi connectivity index (χ1) is 6.47. The van der Waals surface area contributed by atoms with Crippen LogP contribution in [0.3, 0.4) is 0 Å². The Morgan fingerprint density at radius 3 is 2.57 bits per heavy atom. The first-order valence-corrected chi connectivity index (χ1v) is 5.71. The highest BCUT2D eigenvalue weighted by Crippen LogP contribution is 2.53. The Labute approximate surface area is 86.6 Å². The molecule has 0 aromatic carbocycles. The van der Waals surface area contributed by atoms with Gasteiger partial charge >= 0.3 is 0 Å². The highest BCUT2D eigenvalue weighted by Gasteiger charge is 2.46. The van der Waals surface area contributed by atoms with E-state index in [-0.39, 0.29) is 10.8 Å². The van der Waals surface area contributed by atoms with Gasteiger partial charge in [0, 0.05) is 11.8 Å². The van der Waals surface area contributed by atoms with Crippen LogP contribution in [-0.4, -0.2) is 5.78 Å².